The molecule has 2 saturated carbocycles. The van der Waals surface area contributed by atoms with Crippen molar-refractivity contribution in [3.05, 3.63) is 0 Å². The SMILES string of the molecule is O=C(C1C2CCCCC21)N1C2CNCC1C2. The number of carbonyl (C=O) groups is 1. The topological polar surface area (TPSA) is 32.3 Å². The Kier molecular flexibility index (Phi) is 1.90. The molecular weight excluding hydrogens is 200 g/mol. The molecule has 0 aromatic carbocycles. The second kappa shape index (κ2) is 3.22. The standard InChI is InChI=1S/C13H20N2O/c16-13(12-10-3-1-2-4-11(10)12)15-8-5-9(15)7-14-6-8/h8-12,14H,1-7H2. The highest BCUT2D eigenvalue weighted by molar-refractivity contribution is 5.84. The van der Waals surface area contributed by atoms with Crippen LogP contribution in [0.4, 0.5) is 0 Å². The largest absolute Gasteiger partial charge is 0.334 e. The Labute approximate surface area is 96.6 Å². The van der Waals surface area contributed by atoms with Crippen LogP contribution in [0.15, 0.2) is 0 Å². The first-order valence-electron chi connectivity index (χ1n) is 6.89. The monoisotopic (exact) mass is 220 g/mol. The number of nitrogens with zero attached hydrogens (tertiary/aromatic N) is 1. The Balaban J connectivity index is 1.47. The summed E-state index contributed by atoms with van der Waals surface area (Å²) in [6.45, 7) is 2.06. The lowest BCUT2D eigenvalue weighted by Crippen LogP contribution is -2.69. The van der Waals surface area contributed by atoms with Crippen molar-refractivity contribution in [3.8, 4) is 0 Å². The third-order valence-electron chi connectivity index (χ3n) is 5.29. The first-order valence-corrected chi connectivity index (χ1v) is 6.89. The van der Waals surface area contributed by atoms with Gasteiger partial charge in [-0.05, 0) is 31.1 Å². The molecule has 4 rings (SSSR count). The molecule has 16 heavy (non-hydrogen) atoms. The number of carbonyl (C=O) groups excluding carboxylic acids is 1. The highest BCUT2D eigenvalue weighted by atomic mass is 16.2. The molecule has 2 aliphatic carbocycles. The number of piperazine rings is 1. The van der Waals surface area contributed by atoms with Gasteiger partial charge in [0.25, 0.3) is 0 Å². The van der Waals surface area contributed by atoms with E-state index in [-0.39, 0.29) is 0 Å². The van der Waals surface area contributed by atoms with Crippen molar-refractivity contribution < 1.29 is 4.79 Å². The molecule has 1 N–H and O–H groups in total. The minimum atomic E-state index is 0.436. The van der Waals surface area contributed by atoms with Crippen LogP contribution in [0.3, 0.4) is 0 Å². The predicted octanol–water partition coefficient (Wildman–Crippen LogP) is 0.995. The Morgan fingerprint density at radius 3 is 2.25 bits per heavy atom. The van der Waals surface area contributed by atoms with Crippen LogP contribution in [-0.4, -0.2) is 36.0 Å². The lowest BCUT2D eigenvalue weighted by atomic mass is 9.88. The van der Waals surface area contributed by atoms with Gasteiger partial charge in [0.2, 0.25) is 5.91 Å². The Morgan fingerprint density at radius 2 is 1.69 bits per heavy atom. The summed E-state index contributed by atoms with van der Waals surface area (Å²) in [6.07, 6.45) is 6.62. The molecule has 0 radical (unpaired) electrons. The summed E-state index contributed by atoms with van der Waals surface area (Å²) in [7, 11) is 0. The number of nitrogens with one attached hydrogen (secondary N) is 1. The van der Waals surface area contributed by atoms with E-state index in [0.29, 0.717) is 23.9 Å². The molecule has 2 bridgehead atoms. The van der Waals surface area contributed by atoms with E-state index in [4.69, 9.17) is 0 Å². The summed E-state index contributed by atoms with van der Waals surface area (Å²) < 4.78 is 0. The minimum absolute atomic E-state index is 0.436. The van der Waals surface area contributed by atoms with Crippen LogP contribution in [0.25, 0.3) is 0 Å². The summed E-state index contributed by atoms with van der Waals surface area (Å²) in [5.41, 5.74) is 0. The van der Waals surface area contributed by atoms with Gasteiger partial charge in [0.1, 0.15) is 0 Å². The molecule has 0 aromatic rings. The molecule has 4 fully saturated rings. The minimum Gasteiger partial charge on any atom is -0.334 e. The quantitative estimate of drug-likeness (QED) is 0.715. The van der Waals surface area contributed by atoms with Gasteiger partial charge in [0.15, 0.2) is 0 Å². The second-order valence-electron chi connectivity index (χ2n) is 6.09. The highest BCUT2D eigenvalue weighted by Crippen LogP contribution is 2.57. The summed E-state index contributed by atoms with van der Waals surface area (Å²) >= 11 is 0. The van der Waals surface area contributed by atoms with Crippen LogP contribution in [0.1, 0.15) is 32.1 Å². The van der Waals surface area contributed by atoms with Gasteiger partial charge in [-0.3, -0.25) is 4.79 Å². The maximum atomic E-state index is 12.5. The molecule has 3 nitrogen and oxygen atoms in total. The molecule has 2 aliphatic heterocycles. The van der Waals surface area contributed by atoms with Gasteiger partial charge in [0, 0.05) is 31.1 Å². The van der Waals surface area contributed by atoms with Gasteiger partial charge in [-0.25, -0.2) is 0 Å². The average molecular weight is 220 g/mol. The van der Waals surface area contributed by atoms with Gasteiger partial charge in [-0.15, -0.1) is 0 Å². The molecule has 1 amide bonds. The smallest absolute Gasteiger partial charge is 0.226 e. The van der Waals surface area contributed by atoms with Gasteiger partial charge in [-0.1, -0.05) is 12.8 Å². The third-order valence-corrected chi connectivity index (χ3v) is 5.29. The number of fused-ring (bicyclic) bond motifs is 3. The van der Waals surface area contributed by atoms with Crippen molar-refractivity contribution >= 4 is 5.91 Å². The molecular formula is C13H20N2O. The van der Waals surface area contributed by atoms with E-state index in [2.05, 4.69) is 10.2 Å². The van der Waals surface area contributed by atoms with E-state index in [1.165, 1.54) is 32.1 Å². The van der Waals surface area contributed by atoms with Crippen LogP contribution in [0.5, 0.6) is 0 Å². The predicted molar refractivity (Wildman–Crippen MR) is 60.8 cm³/mol. The van der Waals surface area contributed by atoms with Crippen LogP contribution in [-0.2, 0) is 4.79 Å². The lowest BCUT2D eigenvalue weighted by molar-refractivity contribution is -0.149. The van der Waals surface area contributed by atoms with Crippen molar-refractivity contribution in [3.63, 3.8) is 0 Å². The Hall–Kier alpha value is -0.570. The summed E-state index contributed by atoms with van der Waals surface area (Å²) in [6, 6.07) is 1.07. The van der Waals surface area contributed by atoms with E-state index in [1.807, 2.05) is 0 Å². The molecule has 0 spiro atoms. The zero-order valence-electron chi connectivity index (χ0n) is 9.69. The summed E-state index contributed by atoms with van der Waals surface area (Å²) in [5.74, 6) is 2.50. The number of amides is 1. The van der Waals surface area contributed by atoms with Crippen molar-refractivity contribution in [2.45, 2.75) is 44.2 Å². The maximum Gasteiger partial charge on any atom is 0.226 e. The van der Waals surface area contributed by atoms with Gasteiger partial charge in [0.05, 0.1) is 0 Å². The van der Waals surface area contributed by atoms with Crippen molar-refractivity contribution in [1.29, 1.82) is 0 Å². The molecule has 88 valence electrons. The average Bonchev–Trinajstić information content (AvgIpc) is 3.03. The fourth-order valence-corrected chi connectivity index (χ4v) is 4.37. The van der Waals surface area contributed by atoms with E-state index >= 15 is 0 Å². The van der Waals surface area contributed by atoms with E-state index in [1.54, 1.807) is 0 Å². The highest BCUT2D eigenvalue weighted by Gasteiger charge is 2.58. The number of hydrogen-bond donors (Lipinski definition) is 1. The van der Waals surface area contributed by atoms with Crippen molar-refractivity contribution in [1.82, 2.24) is 10.2 Å². The number of piperidine rings is 1. The summed E-state index contributed by atoms with van der Waals surface area (Å²) in [4.78, 5) is 14.7. The van der Waals surface area contributed by atoms with E-state index < -0.39 is 0 Å². The molecule has 4 atom stereocenters. The number of rotatable bonds is 1. The fourth-order valence-electron chi connectivity index (χ4n) is 4.37. The van der Waals surface area contributed by atoms with E-state index in [9.17, 15) is 4.79 Å². The third kappa shape index (κ3) is 1.15. The van der Waals surface area contributed by atoms with Gasteiger partial charge in [-0.2, -0.15) is 0 Å². The first kappa shape index (κ1) is 9.46. The lowest BCUT2D eigenvalue weighted by Gasteiger charge is -2.53. The molecule has 3 heteroatoms. The van der Waals surface area contributed by atoms with Crippen LogP contribution >= 0.6 is 0 Å². The molecule has 4 unspecified atom stereocenters. The second-order valence-corrected chi connectivity index (χ2v) is 6.09. The van der Waals surface area contributed by atoms with E-state index in [0.717, 1.165) is 24.9 Å². The van der Waals surface area contributed by atoms with Crippen LogP contribution < -0.4 is 5.32 Å². The molecule has 2 saturated heterocycles. The Morgan fingerprint density at radius 1 is 1.06 bits per heavy atom. The summed E-state index contributed by atoms with van der Waals surface area (Å²) in [5, 5.41) is 3.40. The Bertz CT molecular complexity index is 304. The maximum absolute atomic E-state index is 12.5. The van der Waals surface area contributed by atoms with Gasteiger partial charge < -0.3 is 10.2 Å². The zero-order valence-corrected chi connectivity index (χ0v) is 9.69. The molecule has 2 heterocycles. The molecule has 0 aromatic heterocycles. The zero-order chi connectivity index (χ0) is 10.7. The fraction of sp³-hybridized carbons (Fsp3) is 0.923. The molecule has 4 aliphatic rings. The van der Waals surface area contributed by atoms with Gasteiger partial charge >= 0.3 is 0 Å². The number of hydrogen-bond acceptors (Lipinski definition) is 2. The normalized spacial score (nSPS) is 49.2. The van der Waals surface area contributed by atoms with Crippen molar-refractivity contribution in [2.75, 3.05) is 13.1 Å². The van der Waals surface area contributed by atoms with Crippen molar-refractivity contribution in [2.24, 2.45) is 17.8 Å². The first-order chi connectivity index (χ1) is 7.86. The van der Waals surface area contributed by atoms with Crippen LogP contribution in [0.2, 0.25) is 0 Å². The van der Waals surface area contributed by atoms with Crippen LogP contribution in [0, 0.1) is 17.8 Å².